The summed E-state index contributed by atoms with van der Waals surface area (Å²) >= 11 is 0. The molecule has 268 valence electrons. The Balaban J connectivity index is -0.0000000194. The molecule has 0 bridgehead atoms. The van der Waals surface area contributed by atoms with Gasteiger partial charge in [0.2, 0.25) is 0 Å². The van der Waals surface area contributed by atoms with Crippen molar-refractivity contribution in [2.75, 3.05) is 0 Å². The Kier molecular flexibility index (Phi) is 184. The van der Waals surface area contributed by atoms with E-state index in [1.807, 2.05) is 33.8 Å². The van der Waals surface area contributed by atoms with Crippen LogP contribution in [0.5, 0.6) is 0 Å². The van der Waals surface area contributed by atoms with E-state index in [1.165, 1.54) is 27.9 Å². The highest BCUT2D eigenvalue weighted by molar-refractivity contribution is 5.02. The zero-order chi connectivity index (χ0) is 38.3. The molecule has 0 unspecified atom stereocenters. The fourth-order valence-corrected chi connectivity index (χ4v) is 0.866. The summed E-state index contributed by atoms with van der Waals surface area (Å²) in [5, 5.41) is 0. The van der Waals surface area contributed by atoms with E-state index in [-0.39, 0.29) is 14.9 Å². The van der Waals surface area contributed by atoms with Crippen LogP contribution in [0.25, 0.3) is 0 Å². The molecule has 0 aromatic heterocycles. The van der Waals surface area contributed by atoms with E-state index in [1.54, 1.807) is 0 Å². The average molecular weight is 621 g/mol. The van der Waals surface area contributed by atoms with Crippen LogP contribution in [-0.2, 0) is 0 Å². The van der Waals surface area contributed by atoms with Crippen molar-refractivity contribution in [3.8, 4) is 0 Å². The van der Waals surface area contributed by atoms with Gasteiger partial charge in [-0.1, -0.05) is 96.4 Å². The highest BCUT2D eigenvalue weighted by Crippen LogP contribution is 2.16. The van der Waals surface area contributed by atoms with Crippen molar-refractivity contribution < 1.29 is 0 Å². The van der Waals surface area contributed by atoms with E-state index in [4.69, 9.17) is 0 Å². The molecule has 0 N–H and O–H groups in total. The lowest BCUT2D eigenvalue weighted by molar-refractivity contribution is 0.540. The van der Waals surface area contributed by atoms with Crippen LogP contribution in [0, 0.1) is 10.8 Å². The third-order valence-corrected chi connectivity index (χ3v) is 2.33. The summed E-state index contributed by atoms with van der Waals surface area (Å²) in [6, 6.07) is 0. The van der Waals surface area contributed by atoms with E-state index in [2.05, 4.69) is 201 Å². The molecule has 0 nitrogen and oxygen atoms in total. The standard InChI is InChI=1S/C8H16.2C6H12.2C4H8.7C2H4.2CH4/c1-7(2)6-8(3,4)5;1-5-6(2,3)4;1-5(2)6(3)4;2*1-4(2)3;7*1-2;;/h6H,1-5H3;5H,1H2,2-4H3;1-4H3;2*1H2,2-3H3;7*1-2H2;2*1H4. The fourth-order valence-electron chi connectivity index (χ4n) is 0.866. The number of allylic oxidation sites excluding steroid dienone is 7. The Labute approximate surface area is 287 Å². The minimum atomic E-state index is 0. The summed E-state index contributed by atoms with van der Waals surface area (Å²) in [5.74, 6) is 0. The van der Waals surface area contributed by atoms with Gasteiger partial charge < -0.3 is 0 Å². The van der Waals surface area contributed by atoms with Gasteiger partial charge in [0.05, 0.1) is 0 Å². The van der Waals surface area contributed by atoms with Gasteiger partial charge in [-0.15, -0.1) is 112 Å². The summed E-state index contributed by atoms with van der Waals surface area (Å²) in [5.41, 5.74) is 7.25. The highest BCUT2D eigenvalue weighted by Gasteiger charge is 2.03. The van der Waals surface area contributed by atoms with Crippen molar-refractivity contribution in [2.24, 2.45) is 10.8 Å². The van der Waals surface area contributed by atoms with Gasteiger partial charge in [0.1, 0.15) is 0 Å². The second-order valence-electron chi connectivity index (χ2n) is 10.6. The zero-order valence-corrected chi connectivity index (χ0v) is 32.7. The summed E-state index contributed by atoms with van der Waals surface area (Å²) < 4.78 is 0. The van der Waals surface area contributed by atoms with Gasteiger partial charge in [0, 0.05) is 0 Å². The zero-order valence-electron chi connectivity index (χ0n) is 32.7. The lowest BCUT2D eigenvalue weighted by Gasteiger charge is -2.11. The predicted octanol–water partition coefficient (Wildman–Crippen LogP) is 17.6. The lowest BCUT2D eigenvalue weighted by atomic mass is 9.94. The van der Waals surface area contributed by atoms with Crippen LogP contribution in [0.3, 0.4) is 0 Å². The minimum absolute atomic E-state index is 0. The second kappa shape index (κ2) is 90.0. The van der Waals surface area contributed by atoms with E-state index in [0.29, 0.717) is 10.8 Å². The van der Waals surface area contributed by atoms with E-state index in [0.717, 1.165) is 0 Å². The van der Waals surface area contributed by atoms with Gasteiger partial charge in [0.15, 0.2) is 0 Å². The number of hydrogen-bond donors (Lipinski definition) is 0. The Morgan fingerprint density at radius 1 is 0.386 bits per heavy atom. The maximum atomic E-state index is 3.63. The van der Waals surface area contributed by atoms with Crippen LogP contribution in [0.2, 0.25) is 0 Å². The lowest BCUT2D eigenvalue weighted by Crippen LogP contribution is -1.99. The molecule has 0 aliphatic heterocycles. The first-order valence-corrected chi connectivity index (χ1v) is 13.7. The molecule has 0 aliphatic rings. The van der Waals surface area contributed by atoms with Gasteiger partial charge in [-0.3, -0.25) is 0 Å². The van der Waals surface area contributed by atoms with Crippen molar-refractivity contribution in [1.29, 1.82) is 0 Å². The number of rotatable bonds is 0. The maximum absolute atomic E-state index is 3.63. The highest BCUT2D eigenvalue weighted by atomic mass is 14.1. The minimum Gasteiger partial charge on any atom is -0.106 e. The van der Waals surface area contributed by atoms with Crippen LogP contribution in [0.1, 0.15) is 126 Å². The SMILES string of the molecule is C.C.C=C.C=C.C=C.C=C.C=C.C=C.C=C.C=C(C)C.C=C(C)C.C=CC(C)(C)C.CC(C)=C(C)C.CC(C)=CC(C)(C)C. The van der Waals surface area contributed by atoms with Gasteiger partial charge in [-0.05, 0) is 80.1 Å². The molecule has 0 amide bonds. The largest absolute Gasteiger partial charge is 0.106 e. The van der Waals surface area contributed by atoms with Crippen LogP contribution in [-0.4, -0.2) is 0 Å². The van der Waals surface area contributed by atoms with Crippen LogP contribution in [0.15, 0.2) is 152 Å². The molecule has 0 rings (SSSR count). The van der Waals surface area contributed by atoms with Crippen LogP contribution < -0.4 is 0 Å². The normalized spacial score (nSPS) is 6.45. The second-order valence-corrected chi connectivity index (χ2v) is 10.6. The smallest absolute Gasteiger partial charge is 0.0201 e. The summed E-state index contributed by atoms with van der Waals surface area (Å²) in [6.07, 6.45) is 4.21. The Morgan fingerprint density at radius 3 is 0.500 bits per heavy atom. The van der Waals surface area contributed by atoms with E-state index < -0.39 is 0 Å². The quantitative estimate of drug-likeness (QED) is 0.236. The average Bonchev–Trinajstić information content (AvgIpc) is 2.90. The monoisotopic (exact) mass is 621 g/mol. The molecule has 0 saturated carbocycles. The number of hydrogen-bond acceptors (Lipinski definition) is 0. The third kappa shape index (κ3) is 707. The molecule has 0 aromatic carbocycles. The first-order chi connectivity index (χ1) is 19.1. The molecule has 0 fully saturated rings. The fraction of sp³-hybridized carbons (Fsp3) is 0.455. The molecule has 0 atom stereocenters. The molecule has 0 heteroatoms. The third-order valence-electron chi connectivity index (χ3n) is 2.33. The van der Waals surface area contributed by atoms with E-state index >= 15 is 0 Å². The van der Waals surface area contributed by atoms with Crippen molar-refractivity contribution in [1.82, 2.24) is 0 Å². The first kappa shape index (κ1) is 90.0. The Bertz CT molecular complexity index is 502. The van der Waals surface area contributed by atoms with Crippen LogP contribution in [0.4, 0.5) is 0 Å². The van der Waals surface area contributed by atoms with E-state index in [9.17, 15) is 0 Å². The molecule has 0 spiro atoms. The van der Waals surface area contributed by atoms with Crippen molar-refractivity contribution in [3.05, 3.63) is 152 Å². The van der Waals surface area contributed by atoms with Crippen LogP contribution >= 0.6 is 0 Å². The molecular formula is C44H92. The molecular weight excluding hydrogens is 528 g/mol. The first-order valence-electron chi connectivity index (χ1n) is 13.7. The Morgan fingerprint density at radius 2 is 0.500 bits per heavy atom. The van der Waals surface area contributed by atoms with Gasteiger partial charge in [-0.2, -0.15) is 0 Å². The van der Waals surface area contributed by atoms with Crippen molar-refractivity contribution in [3.63, 3.8) is 0 Å². The molecule has 44 heavy (non-hydrogen) atoms. The van der Waals surface area contributed by atoms with Gasteiger partial charge in [0.25, 0.3) is 0 Å². The molecule has 0 heterocycles. The summed E-state index contributed by atoms with van der Waals surface area (Å²) in [6.45, 7) is 86.4. The molecule has 0 aliphatic carbocycles. The summed E-state index contributed by atoms with van der Waals surface area (Å²) in [4.78, 5) is 0. The molecule has 0 radical (unpaired) electrons. The molecule has 0 aromatic rings. The topological polar surface area (TPSA) is 0 Å². The van der Waals surface area contributed by atoms with Gasteiger partial charge in [-0.25, -0.2) is 0 Å². The van der Waals surface area contributed by atoms with Crippen molar-refractivity contribution >= 4 is 0 Å². The maximum Gasteiger partial charge on any atom is -0.0201 e. The Hall–Kier alpha value is -3.12. The van der Waals surface area contributed by atoms with Crippen molar-refractivity contribution in [2.45, 2.75) is 126 Å². The predicted molar refractivity (Wildman–Crippen MR) is 231 cm³/mol. The van der Waals surface area contributed by atoms with Gasteiger partial charge >= 0.3 is 0 Å². The molecule has 0 saturated heterocycles. The summed E-state index contributed by atoms with van der Waals surface area (Å²) in [7, 11) is 0.